The van der Waals surface area contributed by atoms with Crippen molar-refractivity contribution in [3.8, 4) is 0 Å². The molecule has 0 fully saturated rings. The van der Waals surface area contributed by atoms with Gasteiger partial charge in [-0.3, -0.25) is 4.79 Å². The fourth-order valence-electron chi connectivity index (χ4n) is 0.520. The Balaban J connectivity index is 4.08. The lowest BCUT2D eigenvalue weighted by Crippen LogP contribution is -2.36. The Bertz CT molecular complexity index is 128. The number of carbonyl (C=O) groups is 1. The molecule has 0 saturated heterocycles. The van der Waals surface area contributed by atoms with Gasteiger partial charge in [0.1, 0.15) is 0 Å². The summed E-state index contributed by atoms with van der Waals surface area (Å²) in [5.74, 6) is 0.0347. The number of halogens is 1. The van der Waals surface area contributed by atoms with Crippen LogP contribution in [0.2, 0.25) is 0 Å². The van der Waals surface area contributed by atoms with Crippen molar-refractivity contribution in [1.82, 2.24) is 5.32 Å². The molecule has 0 spiro atoms. The molecule has 10 heavy (non-hydrogen) atoms. The minimum atomic E-state index is -0.106. The molecule has 0 saturated carbocycles. The lowest BCUT2D eigenvalue weighted by Gasteiger charge is -2.23. The first-order chi connectivity index (χ1) is 4.39. The summed E-state index contributed by atoms with van der Waals surface area (Å²) in [6.07, 6.45) is 0. The van der Waals surface area contributed by atoms with E-state index in [0.717, 1.165) is 0 Å². The molecule has 0 aromatic rings. The van der Waals surface area contributed by atoms with Crippen LogP contribution in [-0.4, -0.2) is 17.8 Å². The van der Waals surface area contributed by atoms with Crippen LogP contribution in [0.4, 0.5) is 0 Å². The van der Waals surface area contributed by atoms with Crippen LogP contribution in [0.3, 0.4) is 0 Å². The highest BCUT2D eigenvalue weighted by molar-refractivity contribution is 9.10. The first-order valence-corrected chi connectivity index (χ1v) is 4.17. The summed E-state index contributed by atoms with van der Waals surface area (Å²) in [4.78, 5) is 10.9. The van der Waals surface area contributed by atoms with E-state index in [0.29, 0.717) is 0 Å². The van der Waals surface area contributed by atoms with Crippen LogP contribution in [0.15, 0.2) is 0 Å². The van der Waals surface area contributed by atoms with Gasteiger partial charge in [-0.1, -0.05) is 36.7 Å². The molecule has 0 heterocycles. The van der Waals surface area contributed by atoms with E-state index in [9.17, 15) is 4.79 Å². The molecular weight excluding hydrogens is 194 g/mol. The molecular formula is C7H14BrNO. The van der Waals surface area contributed by atoms with Gasteiger partial charge in [0.2, 0.25) is 5.91 Å². The van der Waals surface area contributed by atoms with E-state index in [1.54, 1.807) is 7.05 Å². The number of carbonyl (C=O) groups excluding carboxylic acids is 1. The zero-order valence-corrected chi connectivity index (χ0v) is 8.45. The van der Waals surface area contributed by atoms with Gasteiger partial charge in [0, 0.05) is 7.05 Å². The van der Waals surface area contributed by atoms with Crippen molar-refractivity contribution in [2.75, 3.05) is 7.05 Å². The maximum absolute atomic E-state index is 11.0. The molecule has 0 aromatic carbocycles. The number of amides is 1. The second kappa shape index (κ2) is 3.37. The highest BCUT2D eigenvalue weighted by atomic mass is 79.9. The van der Waals surface area contributed by atoms with Crippen molar-refractivity contribution >= 4 is 21.8 Å². The summed E-state index contributed by atoms with van der Waals surface area (Å²) in [6.45, 7) is 6.05. The summed E-state index contributed by atoms with van der Waals surface area (Å²) < 4.78 is 0. The quantitative estimate of drug-likeness (QED) is 0.650. The largest absolute Gasteiger partial charge is 0.358 e. The molecule has 1 atom stereocenters. The first-order valence-electron chi connectivity index (χ1n) is 3.25. The van der Waals surface area contributed by atoms with Crippen LogP contribution in [0.25, 0.3) is 0 Å². The van der Waals surface area contributed by atoms with E-state index < -0.39 is 0 Å². The predicted molar refractivity (Wildman–Crippen MR) is 46.2 cm³/mol. The van der Waals surface area contributed by atoms with Crippen LogP contribution in [0.5, 0.6) is 0 Å². The number of hydrogen-bond donors (Lipinski definition) is 1. The smallest absolute Gasteiger partial charge is 0.234 e. The lowest BCUT2D eigenvalue weighted by atomic mass is 9.92. The molecule has 1 N–H and O–H groups in total. The van der Waals surface area contributed by atoms with Gasteiger partial charge < -0.3 is 5.32 Å². The zero-order chi connectivity index (χ0) is 8.36. The van der Waals surface area contributed by atoms with Crippen molar-refractivity contribution in [1.29, 1.82) is 0 Å². The Morgan fingerprint density at radius 1 is 1.50 bits per heavy atom. The SMILES string of the molecule is CNC(=O)[C@H](Br)C(C)(C)C. The normalized spacial score (nSPS) is 14.5. The highest BCUT2D eigenvalue weighted by Crippen LogP contribution is 2.25. The number of rotatable bonds is 1. The van der Waals surface area contributed by atoms with Gasteiger partial charge in [-0.25, -0.2) is 0 Å². The van der Waals surface area contributed by atoms with Crippen LogP contribution in [-0.2, 0) is 4.79 Å². The molecule has 0 aromatic heterocycles. The molecule has 0 aliphatic carbocycles. The number of hydrogen-bond acceptors (Lipinski definition) is 1. The fourth-order valence-corrected chi connectivity index (χ4v) is 0.749. The zero-order valence-electron chi connectivity index (χ0n) is 6.86. The van der Waals surface area contributed by atoms with Gasteiger partial charge in [0.15, 0.2) is 0 Å². The molecule has 0 aliphatic rings. The molecule has 0 rings (SSSR count). The maximum atomic E-state index is 11.0. The van der Waals surface area contributed by atoms with Crippen molar-refractivity contribution in [3.63, 3.8) is 0 Å². The van der Waals surface area contributed by atoms with Gasteiger partial charge in [0.25, 0.3) is 0 Å². The fraction of sp³-hybridized carbons (Fsp3) is 0.857. The monoisotopic (exact) mass is 207 g/mol. The molecule has 0 bridgehead atoms. The molecule has 0 aliphatic heterocycles. The van der Waals surface area contributed by atoms with E-state index in [2.05, 4.69) is 21.2 Å². The third-order valence-corrected chi connectivity index (χ3v) is 3.03. The molecule has 3 heteroatoms. The van der Waals surface area contributed by atoms with Crippen LogP contribution in [0.1, 0.15) is 20.8 Å². The highest BCUT2D eigenvalue weighted by Gasteiger charge is 2.27. The Morgan fingerprint density at radius 2 is 1.90 bits per heavy atom. The molecule has 60 valence electrons. The van der Waals surface area contributed by atoms with Gasteiger partial charge in [-0.2, -0.15) is 0 Å². The molecule has 1 amide bonds. The van der Waals surface area contributed by atoms with E-state index >= 15 is 0 Å². The van der Waals surface area contributed by atoms with E-state index in [-0.39, 0.29) is 16.1 Å². The lowest BCUT2D eigenvalue weighted by molar-refractivity contribution is -0.121. The molecule has 0 radical (unpaired) electrons. The van der Waals surface area contributed by atoms with Gasteiger partial charge in [0.05, 0.1) is 4.83 Å². The minimum absolute atomic E-state index is 0.0138. The first kappa shape index (κ1) is 9.95. The second-order valence-corrected chi connectivity index (χ2v) is 4.26. The van der Waals surface area contributed by atoms with Crippen molar-refractivity contribution in [3.05, 3.63) is 0 Å². The summed E-state index contributed by atoms with van der Waals surface area (Å²) in [5.41, 5.74) is -0.0138. The third-order valence-electron chi connectivity index (χ3n) is 1.24. The van der Waals surface area contributed by atoms with Crippen LogP contribution in [0, 0.1) is 5.41 Å². The topological polar surface area (TPSA) is 29.1 Å². The Kier molecular flexibility index (Phi) is 3.36. The number of nitrogens with one attached hydrogen (secondary N) is 1. The second-order valence-electron chi connectivity index (χ2n) is 3.34. The average Bonchev–Trinajstić information content (AvgIpc) is 1.83. The maximum Gasteiger partial charge on any atom is 0.234 e. The van der Waals surface area contributed by atoms with E-state index in [1.807, 2.05) is 20.8 Å². The summed E-state index contributed by atoms with van der Waals surface area (Å²) in [5, 5.41) is 2.59. The minimum Gasteiger partial charge on any atom is -0.358 e. The molecule has 0 unspecified atom stereocenters. The predicted octanol–water partition coefficient (Wildman–Crippen LogP) is 1.54. The number of alkyl halides is 1. The molecule has 2 nitrogen and oxygen atoms in total. The third kappa shape index (κ3) is 2.69. The van der Waals surface area contributed by atoms with Crippen LogP contribution >= 0.6 is 15.9 Å². The Morgan fingerprint density at radius 3 is 2.00 bits per heavy atom. The summed E-state index contributed by atoms with van der Waals surface area (Å²) >= 11 is 3.31. The van der Waals surface area contributed by atoms with E-state index in [1.165, 1.54) is 0 Å². The summed E-state index contributed by atoms with van der Waals surface area (Å²) in [7, 11) is 1.64. The summed E-state index contributed by atoms with van der Waals surface area (Å²) in [6, 6.07) is 0. The van der Waals surface area contributed by atoms with Crippen molar-refractivity contribution in [2.45, 2.75) is 25.6 Å². The Labute approximate surface area is 70.5 Å². The van der Waals surface area contributed by atoms with E-state index in [4.69, 9.17) is 0 Å². The average molecular weight is 208 g/mol. The van der Waals surface area contributed by atoms with Gasteiger partial charge in [-0.05, 0) is 5.41 Å². The van der Waals surface area contributed by atoms with Gasteiger partial charge in [-0.15, -0.1) is 0 Å². The van der Waals surface area contributed by atoms with Crippen molar-refractivity contribution < 1.29 is 4.79 Å². The standard InChI is InChI=1S/C7H14BrNO/c1-7(2,3)5(8)6(10)9-4/h5H,1-4H3,(H,9,10)/t5-/m0/s1. The Hall–Kier alpha value is -0.0500. The van der Waals surface area contributed by atoms with Crippen LogP contribution < -0.4 is 5.32 Å². The van der Waals surface area contributed by atoms with Crippen molar-refractivity contribution in [2.24, 2.45) is 5.41 Å². The van der Waals surface area contributed by atoms with Gasteiger partial charge >= 0.3 is 0 Å².